The molecule has 1 aliphatic rings. The largest absolute Gasteiger partial charge is 0.481 e. The van der Waals surface area contributed by atoms with Crippen molar-refractivity contribution in [3.63, 3.8) is 0 Å². The number of rotatable bonds is 3. The number of amides is 1. The van der Waals surface area contributed by atoms with Crippen LogP contribution in [0.25, 0.3) is 0 Å². The molecule has 1 aliphatic heterocycles. The summed E-state index contributed by atoms with van der Waals surface area (Å²) in [6.07, 6.45) is 0.836. The zero-order valence-corrected chi connectivity index (χ0v) is 11.5. The SMILES string of the molecule is CC(=O)N1C[C@@H](C)N(S(C)(=O)=O)C[C@H]1CC(=O)O. The second-order valence-corrected chi connectivity index (χ2v) is 6.54. The van der Waals surface area contributed by atoms with Gasteiger partial charge >= 0.3 is 5.97 Å². The van der Waals surface area contributed by atoms with Gasteiger partial charge in [0.25, 0.3) is 0 Å². The summed E-state index contributed by atoms with van der Waals surface area (Å²) >= 11 is 0. The highest BCUT2D eigenvalue weighted by Gasteiger charge is 2.37. The second kappa shape index (κ2) is 5.23. The first-order chi connectivity index (χ1) is 8.12. The highest BCUT2D eigenvalue weighted by molar-refractivity contribution is 7.88. The van der Waals surface area contributed by atoms with Crippen molar-refractivity contribution in [3.8, 4) is 0 Å². The Morgan fingerprint density at radius 2 is 1.89 bits per heavy atom. The topological polar surface area (TPSA) is 95.0 Å². The minimum absolute atomic E-state index is 0.0336. The van der Waals surface area contributed by atoms with Gasteiger partial charge in [0.15, 0.2) is 0 Å². The van der Waals surface area contributed by atoms with Crippen LogP contribution in [-0.2, 0) is 19.6 Å². The monoisotopic (exact) mass is 278 g/mol. The van der Waals surface area contributed by atoms with Crippen LogP contribution in [0.4, 0.5) is 0 Å². The first kappa shape index (κ1) is 14.9. The molecule has 1 N–H and O–H groups in total. The zero-order chi connectivity index (χ0) is 14.1. The van der Waals surface area contributed by atoms with Crippen molar-refractivity contribution in [1.82, 2.24) is 9.21 Å². The predicted molar refractivity (Wildman–Crippen MR) is 64.4 cm³/mol. The summed E-state index contributed by atoms with van der Waals surface area (Å²) in [6.45, 7) is 3.32. The van der Waals surface area contributed by atoms with Crippen molar-refractivity contribution in [2.75, 3.05) is 19.3 Å². The molecular formula is C10H18N2O5S. The first-order valence-corrected chi connectivity index (χ1v) is 7.43. The van der Waals surface area contributed by atoms with Crippen LogP contribution in [0, 0.1) is 0 Å². The van der Waals surface area contributed by atoms with Gasteiger partial charge in [0.2, 0.25) is 15.9 Å². The molecule has 1 rings (SSSR count). The fourth-order valence-electron chi connectivity index (χ4n) is 2.24. The van der Waals surface area contributed by atoms with Crippen molar-refractivity contribution in [2.24, 2.45) is 0 Å². The maximum absolute atomic E-state index is 11.6. The molecule has 8 heteroatoms. The average Bonchev–Trinajstić information content (AvgIpc) is 2.17. The summed E-state index contributed by atoms with van der Waals surface area (Å²) in [5.74, 6) is -1.28. The van der Waals surface area contributed by atoms with Crippen LogP contribution in [0.3, 0.4) is 0 Å². The number of hydrogen-bond acceptors (Lipinski definition) is 4. The Labute approximate surface area is 106 Å². The smallest absolute Gasteiger partial charge is 0.305 e. The third kappa shape index (κ3) is 3.42. The minimum atomic E-state index is -3.39. The van der Waals surface area contributed by atoms with Crippen molar-refractivity contribution in [1.29, 1.82) is 0 Å². The number of piperazine rings is 1. The lowest BCUT2D eigenvalue weighted by atomic mass is 10.1. The van der Waals surface area contributed by atoms with Crippen molar-refractivity contribution >= 4 is 21.9 Å². The van der Waals surface area contributed by atoms with E-state index in [-0.39, 0.29) is 31.5 Å². The number of carbonyl (C=O) groups is 2. The number of sulfonamides is 1. The lowest BCUT2D eigenvalue weighted by Gasteiger charge is -2.43. The van der Waals surface area contributed by atoms with Gasteiger partial charge in [-0.2, -0.15) is 4.31 Å². The highest BCUT2D eigenvalue weighted by atomic mass is 32.2. The van der Waals surface area contributed by atoms with Gasteiger partial charge in [0, 0.05) is 26.1 Å². The molecule has 0 aromatic carbocycles. The Bertz CT molecular complexity index is 447. The summed E-state index contributed by atoms with van der Waals surface area (Å²) in [6, 6.07) is -0.945. The van der Waals surface area contributed by atoms with E-state index in [1.807, 2.05) is 0 Å². The minimum Gasteiger partial charge on any atom is -0.481 e. The predicted octanol–water partition coefficient (Wildman–Crippen LogP) is -0.658. The van der Waals surface area contributed by atoms with Crippen LogP contribution in [0.15, 0.2) is 0 Å². The molecule has 1 heterocycles. The molecule has 104 valence electrons. The summed E-state index contributed by atoms with van der Waals surface area (Å²) in [4.78, 5) is 23.7. The fourth-order valence-corrected chi connectivity index (χ4v) is 3.40. The van der Waals surface area contributed by atoms with E-state index in [9.17, 15) is 18.0 Å². The molecule has 0 saturated carbocycles. The van der Waals surface area contributed by atoms with Crippen LogP contribution in [0.2, 0.25) is 0 Å². The second-order valence-electron chi connectivity index (χ2n) is 4.60. The van der Waals surface area contributed by atoms with E-state index in [0.717, 1.165) is 6.26 Å². The summed E-state index contributed by atoms with van der Waals surface area (Å²) < 4.78 is 24.4. The number of nitrogens with zero attached hydrogens (tertiary/aromatic N) is 2. The molecule has 1 fully saturated rings. The molecule has 1 saturated heterocycles. The molecule has 1 amide bonds. The molecule has 7 nitrogen and oxygen atoms in total. The lowest BCUT2D eigenvalue weighted by molar-refractivity contribution is -0.142. The number of hydrogen-bond donors (Lipinski definition) is 1. The molecule has 2 atom stereocenters. The first-order valence-electron chi connectivity index (χ1n) is 5.58. The molecule has 18 heavy (non-hydrogen) atoms. The average molecular weight is 278 g/mol. The molecule has 0 bridgehead atoms. The molecule has 0 aromatic rings. The van der Waals surface area contributed by atoms with Gasteiger partial charge in [-0.25, -0.2) is 8.42 Å². The van der Waals surface area contributed by atoms with Crippen LogP contribution in [0.5, 0.6) is 0 Å². The van der Waals surface area contributed by atoms with Gasteiger partial charge in [-0.15, -0.1) is 0 Å². The van der Waals surface area contributed by atoms with Gasteiger partial charge in [0.05, 0.1) is 18.7 Å². The van der Waals surface area contributed by atoms with Gasteiger partial charge in [-0.1, -0.05) is 0 Å². The molecule has 0 unspecified atom stereocenters. The number of carboxylic acids is 1. The summed E-state index contributed by atoms with van der Waals surface area (Å²) in [5, 5.41) is 8.81. The van der Waals surface area contributed by atoms with E-state index in [1.165, 1.54) is 16.1 Å². The van der Waals surface area contributed by atoms with Gasteiger partial charge in [-0.05, 0) is 6.92 Å². The van der Waals surface area contributed by atoms with Gasteiger partial charge < -0.3 is 10.0 Å². The third-order valence-electron chi connectivity index (χ3n) is 3.02. The highest BCUT2D eigenvalue weighted by Crippen LogP contribution is 2.20. The van der Waals surface area contributed by atoms with E-state index in [1.54, 1.807) is 6.92 Å². The van der Waals surface area contributed by atoms with Crippen molar-refractivity contribution in [3.05, 3.63) is 0 Å². The number of aliphatic carboxylic acids is 1. The van der Waals surface area contributed by atoms with Gasteiger partial charge in [0.1, 0.15) is 0 Å². The van der Waals surface area contributed by atoms with Crippen molar-refractivity contribution < 1.29 is 23.1 Å². The summed E-state index contributed by atoms with van der Waals surface area (Å²) in [5.41, 5.74) is 0. The molecule has 0 radical (unpaired) electrons. The van der Waals surface area contributed by atoms with Gasteiger partial charge in [-0.3, -0.25) is 9.59 Å². The molecule has 0 aliphatic carbocycles. The summed E-state index contributed by atoms with van der Waals surface area (Å²) in [7, 11) is -3.39. The van der Waals surface area contributed by atoms with E-state index in [0.29, 0.717) is 0 Å². The van der Waals surface area contributed by atoms with E-state index in [2.05, 4.69) is 0 Å². The van der Waals surface area contributed by atoms with Crippen LogP contribution < -0.4 is 0 Å². The Kier molecular flexibility index (Phi) is 4.33. The van der Waals surface area contributed by atoms with E-state index < -0.39 is 22.0 Å². The quantitative estimate of drug-likeness (QED) is 0.739. The van der Waals surface area contributed by atoms with Crippen molar-refractivity contribution in [2.45, 2.75) is 32.4 Å². The maximum Gasteiger partial charge on any atom is 0.305 e. The Hall–Kier alpha value is -1.15. The van der Waals surface area contributed by atoms with E-state index in [4.69, 9.17) is 5.11 Å². The number of carbonyl (C=O) groups excluding carboxylic acids is 1. The molecular weight excluding hydrogens is 260 g/mol. The third-order valence-corrected chi connectivity index (χ3v) is 4.39. The Balaban J connectivity index is 2.96. The van der Waals surface area contributed by atoms with E-state index >= 15 is 0 Å². The molecule has 0 aromatic heterocycles. The van der Waals surface area contributed by atoms with Crippen LogP contribution in [-0.4, -0.2) is 66.0 Å². The number of carboxylic acid groups (broad SMARTS) is 1. The Morgan fingerprint density at radius 3 is 2.28 bits per heavy atom. The lowest BCUT2D eigenvalue weighted by Crippen LogP contribution is -2.60. The fraction of sp³-hybridized carbons (Fsp3) is 0.800. The maximum atomic E-state index is 11.6. The normalized spacial score (nSPS) is 26.1. The zero-order valence-electron chi connectivity index (χ0n) is 10.7. The standard InChI is InChI=1S/C10H18N2O5S/c1-7-5-11(8(2)13)9(4-10(14)15)6-12(7)18(3,16)17/h7,9H,4-6H2,1-3H3,(H,14,15)/t7-,9-/m1/s1. The van der Waals surface area contributed by atoms with Crippen LogP contribution in [0.1, 0.15) is 20.3 Å². The van der Waals surface area contributed by atoms with Crippen LogP contribution >= 0.6 is 0 Å². The Morgan fingerprint density at radius 1 is 1.33 bits per heavy atom. The molecule has 0 spiro atoms.